The molecule has 1 nitrogen and oxygen atoms in total. The van der Waals surface area contributed by atoms with Gasteiger partial charge in [-0.2, -0.15) is 0 Å². The Morgan fingerprint density at radius 2 is 0.680 bits per heavy atom. The van der Waals surface area contributed by atoms with Crippen LogP contribution in [0.2, 0.25) is 0 Å². The van der Waals surface area contributed by atoms with Gasteiger partial charge in [-0.3, -0.25) is 4.90 Å². The highest BCUT2D eigenvalue weighted by atomic mass is 15.3. The maximum atomic E-state index is 2.92. The molecule has 152 valence electrons. The molecule has 0 aliphatic rings. The Morgan fingerprint density at radius 3 is 0.880 bits per heavy atom. The van der Waals surface area contributed by atoms with Crippen molar-refractivity contribution in [1.29, 1.82) is 0 Å². The third-order valence-electron chi connectivity index (χ3n) is 5.99. The molecule has 0 fully saturated rings. The first kappa shape index (κ1) is 25.0. The zero-order valence-corrected chi connectivity index (χ0v) is 19.4. The summed E-state index contributed by atoms with van der Waals surface area (Å²) in [4.78, 5) is 2.92. The van der Waals surface area contributed by atoms with Gasteiger partial charge >= 0.3 is 0 Å². The fraction of sp³-hybridized carbons (Fsp3) is 1.00. The van der Waals surface area contributed by atoms with Gasteiger partial charge in [-0.1, -0.05) is 78.6 Å². The van der Waals surface area contributed by atoms with E-state index in [4.69, 9.17) is 0 Å². The van der Waals surface area contributed by atoms with Gasteiger partial charge in [-0.15, -0.1) is 0 Å². The Bertz CT molecular complexity index is 275. The predicted octanol–water partition coefficient (Wildman–Crippen LogP) is 8.37. The molecule has 0 rings (SSSR count). The van der Waals surface area contributed by atoms with Crippen molar-refractivity contribution in [3.63, 3.8) is 0 Å². The van der Waals surface area contributed by atoms with Crippen LogP contribution >= 0.6 is 0 Å². The van der Waals surface area contributed by atoms with E-state index in [0.29, 0.717) is 0 Å². The van der Waals surface area contributed by atoms with Crippen molar-refractivity contribution in [1.82, 2.24) is 4.90 Å². The number of nitrogens with zero attached hydrogens (tertiary/aromatic N) is 1. The standard InChI is InChI=1S/C24H51N/c1-10-13-16-19-22(4,5)25(23(6,7)20-17-14-11-2)24(8,9)21-18-15-12-3/h10-21H2,1-9H3. The average Bonchev–Trinajstić information content (AvgIpc) is 2.46. The van der Waals surface area contributed by atoms with Gasteiger partial charge in [-0.25, -0.2) is 0 Å². The second kappa shape index (κ2) is 11.6. The van der Waals surface area contributed by atoms with Crippen LogP contribution in [-0.4, -0.2) is 21.5 Å². The van der Waals surface area contributed by atoms with Crippen molar-refractivity contribution >= 4 is 0 Å². The molecule has 0 radical (unpaired) electrons. The second-order valence-corrected chi connectivity index (χ2v) is 10.1. The largest absolute Gasteiger partial charge is 0.288 e. The lowest BCUT2D eigenvalue weighted by Gasteiger charge is -2.57. The SMILES string of the molecule is CCCCCC(C)(C)N(C(C)(C)CCCCC)C(C)(C)CCCCC. The fourth-order valence-corrected chi connectivity index (χ4v) is 5.22. The number of unbranched alkanes of at least 4 members (excludes halogenated alkanes) is 6. The topological polar surface area (TPSA) is 3.24 Å². The second-order valence-electron chi connectivity index (χ2n) is 10.1. The third kappa shape index (κ3) is 8.94. The summed E-state index contributed by atoms with van der Waals surface area (Å²) in [5.74, 6) is 0. The van der Waals surface area contributed by atoms with Crippen LogP contribution in [-0.2, 0) is 0 Å². The van der Waals surface area contributed by atoms with E-state index in [2.05, 4.69) is 67.2 Å². The Morgan fingerprint density at radius 1 is 0.440 bits per heavy atom. The van der Waals surface area contributed by atoms with Crippen LogP contribution in [0.1, 0.15) is 139 Å². The summed E-state index contributed by atoms with van der Waals surface area (Å²) in [6.45, 7) is 22.0. The molecule has 0 aliphatic carbocycles. The van der Waals surface area contributed by atoms with Gasteiger partial charge in [0, 0.05) is 16.6 Å². The van der Waals surface area contributed by atoms with E-state index in [1.165, 1.54) is 77.0 Å². The van der Waals surface area contributed by atoms with Gasteiger partial charge in [0.2, 0.25) is 0 Å². The number of hydrogen-bond donors (Lipinski definition) is 0. The zero-order valence-electron chi connectivity index (χ0n) is 19.4. The van der Waals surface area contributed by atoms with Crippen molar-refractivity contribution in [3.05, 3.63) is 0 Å². The molecule has 0 atom stereocenters. The molecule has 1 heteroatoms. The molecule has 0 amide bonds. The van der Waals surface area contributed by atoms with E-state index in [1.807, 2.05) is 0 Å². The molecule has 0 N–H and O–H groups in total. The van der Waals surface area contributed by atoms with Crippen LogP contribution in [0.15, 0.2) is 0 Å². The summed E-state index contributed by atoms with van der Waals surface area (Å²) in [6, 6.07) is 0. The van der Waals surface area contributed by atoms with Crippen molar-refractivity contribution in [2.75, 3.05) is 0 Å². The van der Waals surface area contributed by atoms with E-state index in [9.17, 15) is 0 Å². The minimum absolute atomic E-state index is 0.264. The Labute approximate surface area is 161 Å². The Hall–Kier alpha value is -0.0400. The molecular formula is C24H51N. The molecule has 0 aromatic heterocycles. The fourth-order valence-electron chi connectivity index (χ4n) is 5.22. The first-order chi connectivity index (χ1) is 11.5. The summed E-state index contributed by atoms with van der Waals surface area (Å²) < 4.78 is 0. The smallest absolute Gasteiger partial charge is 0.0163 e. The van der Waals surface area contributed by atoms with Gasteiger partial charge in [0.15, 0.2) is 0 Å². The summed E-state index contributed by atoms with van der Waals surface area (Å²) in [5.41, 5.74) is 0.793. The molecular weight excluding hydrogens is 302 g/mol. The lowest BCUT2D eigenvalue weighted by atomic mass is 9.78. The van der Waals surface area contributed by atoms with E-state index >= 15 is 0 Å². The lowest BCUT2D eigenvalue weighted by Crippen LogP contribution is -2.64. The van der Waals surface area contributed by atoms with Gasteiger partial charge in [0.05, 0.1) is 0 Å². The predicted molar refractivity (Wildman–Crippen MR) is 117 cm³/mol. The van der Waals surface area contributed by atoms with E-state index in [1.54, 1.807) is 0 Å². The highest BCUT2D eigenvalue weighted by Gasteiger charge is 2.44. The summed E-state index contributed by atoms with van der Waals surface area (Å²) in [7, 11) is 0. The molecule has 0 saturated heterocycles. The van der Waals surface area contributed by atoms with Crippen molar-refractivity contribution < 1.29 is 0 Å². The Kier molecular flexibility index (Phi) is 11.6. The molecule has 0 aromatic rings. The van der Waals surface area contributed by atoms with Crippen LogP contribution in [0.25, 0.3) is 0 Å². The molecule has 0 saturated carbocycles. The molecule has 0 aromatic carbocycles. The molecule has 0 unspecified atom stereocenters. The van der Waals surface area contributed by atoms with Crippen LogP contribution in [0.3, 0.4) is 0 Å². The van der Waals surface area contributed by atoms with Crippen molar-refractivity contribution in [2.24, 2.45) is 0 Å². The maximum Gasteiger partial charge on any atom is 0.0163 e. The summed E-state index contributed by atoms with van der Waals surface area (Å²) in [6.07, 6.45) is 16.1. The zero-order chi connectivity index (χ0) is 19.6. The quantitative estimate of drug-likeness (QED) is 0.267. The highest BCUT2D eigenvalue weighted by Crippen LogP contribution is 2.41. The van der Waals surface area contributed by atoms with E-state index < -0.39 is 0 Å². The molecule has 0 heterocycles. The van der Waals surface area contributed by atoms with Crippen molar-refractivity contribution in [2.45, 2.75) is 156 Å². The number of hydrogen-bond acceptors (Lipinski definition) is 1. The monoisotopic (exact) mass is 353 g/mol. The van der Waals surface area contributed by atoms with Crippen LogP contribution in [0.4, 0.5) is 0 Å². The minimum Gasteiger partial charge on any atom is -0.288 e. The van der Waals surface area contributed by atoms with Crippen LogP contribution in [0.5, 0.6) is 0 Å². The summed E-state index contributed by atoms with van der Waals surface area (Å²) >= 11 is 0. The average molecular weight is 354 g/mol. The third-order valence-corrected chi connectivity index (χ3v) is 5.99. The maximum absolute atomic E-state index is 2.92. The molecule has 0 aliphatic heterocycles. The molecule has 25 heavy (non-hydrogen) atoms. The van der Waals surface area contributed by atoms with Gasteiger partial charge in [0.1, 0.15) is 0 Å². The van der Waals surface area contributed by atoms with Crippen molar-refractivity contribution in [3.8, 4) is 0 Å². The van der Waals surface area contributed by atoms with Gasteiger partial charge in [0.25, 0.3) is 0 Å². The normalized spacial score (nSPS) is 13.7. The number of rotatable bonds is 15. The minimum atomic E-state index is 0.264. The first-order valence-electron chi connectivity index (χ1n) is 11.4. The highest BCUT2D eigenvalue weighted by molar-refractivity contribution is 5.00. The first-order valence-corrected chi connectivity index (χ1v) is 11.4. The molecule has 0 spiro atoms. The van der Waals surface area contributed by atoms with E-state index in [0.717, 1.165) is 0 Å². The summed E-state index contributed by atoms with van der Waals surface area (Å²) in [5, 5.41) is 0. The van der Waals surface area contributed by atoms with Crippen LogP contribution in [0, 0.1) is 0 Å². The van der Waals surface area contributed by atoms with Crippen LogP contribution < -0.4 is 0 Å². The molecule has 0 bridgehead atoms. The van der Waals surface area contributed by atoms with Gasteiger partial charge in [-0.05, 0) is 60.8 Å². The lowest BCUT2D eigenvalue weighted by molar-refractivity contribution is -0.0783. The Balaban J connectivity index is 5.39. The van der Waals surface area contributed by atoms with Gasteiger partial charge < -0.3 is 0 Å². The van der Waals surface area contributed by atoms with E-state index in [-0.39, 0.29) is 16.6 Å².